The maximum Gasteiger partial charge on any atom is 0.307 e. The van der Waals surface area contributed by atoms with Crippen LogP contribution in [0.5, 0.6) is 11.5 Å². The van der Waals surface area contributed by atoms with E-state index in [1.807, 2.05) is 20.8 Å². The first-order valence-corrected chi connectivity index (χ1v) is 5.38. The van der Waals surface area contributed by atoms with Gasteiger partial charge in [0.1, 0.15) is 11.5 Å². The van der Waals surface area contributed by atoms with E-state index in [2.05, 4.69) is 0 Å². The number of hydrogen-bond acceptors (Lipinski definition) is 3. The number of benzene rings is 1. The molecule has 0 fully saturated rings. The van der Waals surface area contributed by atoms with E-state index in [1.165, 1.54) is 7.11 Å². The van der Waals surface area contributed by atoms with Crippen molar-refractivity contribution in [1.82, 2.24) is 0 Å². The van der Waals surface area contributed by atoms with Gasteiger partial charge in [-0.05, 0) is 17.5 Å². The minimum Gasteiger partial charge on any atom is -0.507 e. The third kappa shape index (κ3) is 3.12. The van der Waals surface area contributed by atoms with E-state index in [4.69, 9.17) is 9.84 Å². The van der Waals surface area contributed by atoms with Crippen LogP contribution in [0.25, 0.3) is 0 Å². The highest BCUT2D eigenvalue weighted by Crippen LogP contribution is 2.36. The summed E-state index contributed by atoms with van der Waals surface area (Å²) in [7, 11) is 1.52. The summed E-state index contributed by atoms with van der Waals surface area (Å²) in [6.07, 6.45) is -0.216. The zero-order valence-corrected chi connectivity index (χ0v) is 10.6. The second-order valence-electron chi connectivity index (χ2n) is 5.00. The molecule has 0 spiro atoms. The van der Waals surface area contributed by atoms with E-state index < -0.39 is 5.97 Å². The zero-order valence-electron chi connectivity index (χ0n) is 10.6. The molecule has 0 unspecified atom stereocenters. The largest absolute Gasteiger partial charge is 0.507 e. The van der Waals surface area contributed by atoms with Crippen LogP contribution in [0.15, 0.2) is 12.1 Å². The molecule has 4 heteroatoms. The van der Waals surface area contributed by atoms with Gasteiger partial charge in [0, 0.05) is 11.1 Å². The third-order valence-electron chi connectivity index (χ3n) is 2.55. The Kier molecular flexibility index (Phi) is 3.66. The summed E-state index contributed by atoms with van der Waals surface area (Å²) < 4.78 is 5.12. The monoisotopic (exact) mass is 238 g/mol. The summed E-state index contributed by atoms with van der Waals surface area (Å²) in [6.45, 7) is 5.85. The fourth-order valence-corrected chi connectivity index (χ4v) is 1.65. The fourth-order valence-electron chi connectivity index (χ4n) is 1.65. The van der Waals surface area contributed by atoms with Crippen LogP contribution in [0.2, 0.25) is 0 Å². The van der Waals surface area contributed by atoms with E-state index in [0.29, 0.717) is 16.9 Å². The van der Waals surface area contributed by atoms with Gasteiger partial charge in [0.25, 0.3) is 0 Å². The molecule has 1 rings (SSSR count). The molecule has 0 amide bonds. The van der Waals surface area contributed by atoms with E-state index in [9.17, 15) is 9.90 Å². The molecule has 0 aliphatic heterocycles. The average Bonchev–Trinajstić information content (AvgIpc) is 2.18. The van der Waals surface area contributed by atoms with Gasteiger partial charge >= 0.3 is 5.97 Å². The number of phenolic OH excluding ortho intramolecular Hbond substituents is 1. The van der Waals surface area contributed by atoms with Crippen LogP contribution >= 0.6 is 0 Å². The molecule has 2 N–H and O–H groups in total. The normalized spacial score (nSPS) is 11.3. The van der Waals surface area contributed by atoms with Gasteiger partial charge in [-0.2, -0.15) is 0 Å². The van der Waals surface area contributed by atoms with Crippen LogP contribution in [-0.2, 0) is 16.6 Å². The highest BCUT2D eigenvalue weighted by molar-refractivity contribution is 5.72. The van der Waals surface area contributed by atoms with Gasteiger partial charge in [0.15, 0.2) is 0 Å². The molecule has 1 aromatic carbocycles. The van der Waals surface area contributed by atoms with Gasteiger partial charge in [-0.1, -0.05) is 20.8 Å². The van der Waals surface area contributed by atoms with Crippen molar-refractivity contribution in [3.05, 3.63) is 23.3 Å². The maximum atomic E-state index is 10.7. The first kappa shape index (κ1) is 13.4. The lowest BCUT2D eigenvalue weighted by atomic mass is 9.84. The average molecular weight is 238 g/mol. The highest BCUT2D eigenvalue weighted by atomic mass is 16.5. The van der Waals surface area contributed by atoms with E-state index in [-0.39, 0.29) is 17.6 Å². The Hall–Kier alpha value is -1.71. The van der Waals surface area contributed by atoms with Crippen molar-refractivity contribution in [2.24, 2.45) is 0 Å². The Balaban J connectivity index is 3.36. The summed E-state index contributed by atoms with van der Waals surface area (Å²) in [6, 6.07) is 3.29. The summed E-state index contributed by atoms with van der Waals surface area (Å²) in [5.41, 5.74) is 0.793. The molecule has 0 aliphatic rings. The number of hydrogen-bond donors (Lipinski definition) is 2. The minimum atomic E-state index is -0.978. The lowest BCUT2D eigenvalue weighted by Gasteiger charge is -2.22. The van der Waals surface area contributed by atoms with Crippen molar-refractivity contribution in [3.8, 4) is 11.5 Å². The molecule has 0 aromatic heterocycles. The van der Waals surface area contributed by atoms with E-state index >= 15 is 0 Å². The molecule has 0 heterocycles. The van der Waals surface area contributed by atoms with Gasteiger partial charge in [-0.25, -0.2) is 0 Å². The summed E-state index contributed by atoms with van der Waals surface area (Å²) in [4.78, 5) is 10.7. The number of carboxylic acids is 1. The van der Waals surface area contributed by atoms with Crippen molar-refractivity contribution in [2.75, 3.05) is 7.11 Å². The van der Waals surface area contributed by atoms with E-state index in [0.717, 1.165) is 0 Å². The summed E-state index contributed by atoms with van der Waals surface area (Å²) >= 11 is 0. The second-order valence-corrected chi connectivity index (χ2v) is 5.00. The first-order chi connectivity index (χ1) is 7.75. The molecule has 0 saturated carbocycles. The number of carbonyl (C=O) groups is 1. The first-order valence-electron chi connectivity index (χ1n) is 5.38. The van der Waals surface area contributed by atoms with Crippen molar-refractivity contribution in [1.29, 1.82) is 0 Å². The number of aliphatic carboxylic acids is 1. The molecule has 4 nitrogen and oxygen atoms in total. The number of aromatic hydroxyl groups is 1. The molecular formula is C13H18O4. The molecule has 0 saturated heterocycles. The maximum absolute atomic E-state index is 10.7. The van der Waals surface area contributed by atoms with Gasteiger partial charge < -0.3 is 14.9 Å². The Morgan fingerprint density at radius 3 is 2.35 bits per heavy atom. The SMILES string of the molecule is COc1cc(CC(=O)O)c(O)c(C(C)(C)C)c1. The predicted molar refractivity (Wildman–Crippen MR) is 64.7 cm³/mol. The molecular weight excluding hydrogens is 220 g/mol. The molecule has 17 heavy (non-hydrogen) atoms. The molecule has 0 radical (unpaired) electrons. The Morgan fingerprint density at radius 1 is 1.35 bits per heavy atom. The van der Waals surface area contributed by atoms with Crippen LogP contribution in [-0.4, -0.2) is 23.3 Å². The third-order valence-corrected chi connectivity index (χ3v) is 2.55. The fraction of sp³-hybridized carbons (Fsp3) is 0.462. The Bertz CT molecular complexity index is 430. The highest BCUT2D eigenvalue weighted by Gasteiger charge is 2.22. The van der Waals surface area contributed by atoms with Crippen LogP contribution in [0.4, 0.5) is 0 Å². The molecule has 0 aliphatic carbocycles. The summed E-state index contributed by atoms with van der Waals surface area (Å²) in [5, 5.41) is 18.9. The summed E-state index contributed by atoms with van der Waals surface area (Å²) in [5.74, 6) is -0.377. The molecule has 94 valence electrons. The van der Waals surface area contributed by atoms with Crippen molar-refractivity contribution < 1.29 is 19.7 Å². The van der Waals surface area contributed by atoms with Gasteiger partial charge in [-0.15, -0.1) is 0 Å². The van der Waals surface area contributed by atoms with Crippen molar-refractivity contribution in [2.45, 2.75) is 32.6 Å². The van der Waals surface area contributed by atoms with Gasteiger partial charge in [0.2, 0.25) is 0 Å². The topological polar surface area (TPSA) is 66.8 Å². The smallest absolute Gasteiger partial charge is 0.307 e. The zero-order chi connectivity index (χ0) is 13.2. The Morgan fingerprint density at radius 2 is 1.94 bits per heavy atom. The quantitative estimate of drug-likeness (QED) is 0.848. The minimum absolute atomic E-state index is 0.0423. The molecule has 0 atom stereocenters. The van der Waals surface area contributed by atoms with Crippen molar-refractivity contribution >= 4 is 5.97 Å². The molecule has 0 bridgehead atoms. The molecule has 1 aromatic rings. The lowest BCUT2D eigenvalue weighted by Crippen LogP contribution is -2.13. The second kappa shape index (κ2) is 4.65. The van der Waals surface area contributed by atoms with Crippen LogP contribution in [0.3, 0.4) is 0 Å². The number of phenols is 1. The van der Waals surface area contributed by atoms with Gasteiger partial charge in [-0.3, -0.25) is 4.79 Å². The van der Waals surface area contributed by atoms with Crippen LogP contribution in [0, 0.1) is 0 Å². The van der Waals surface area contributed by atoms with Crippen LogP contribution < -0.4 is 4.74 Å². The number of rotatable bonds is 3. The number of methoxy groups -OCH3 is 1. The van der Waals surface area contributed by atoms with E-state index in [1.54, 1.807) is 12.1 Å². The van der Waals surface area contributed by atoms with Crippen LogP contribution in [0.1, 0.15) is 31.9 Å². The number of ether oxygens (including phenoxy) is 1. The van der Waals surface area contributed by atoms with Gasteiger partial charge in [0.05, 0.1) is 13.5 Å². The lowest BCUT2D eigenvalue weighted by molar-refractivity contribution is -0.136. The number of carboxylic acid groups (broad SMARTS) is 1. The Labute approximate surface area is 101 Å². The standard InChI is InChI=1S/C13H18O4/c1-13(2,3)10-7-9(17-4)5-8(12(10)16)6-11(14)15/h5,7,16H,6H2,1-4H3,(H,14,15). The predicted octanol–water partition coefficient (Wildman–Crippen LogP) is 2.33. The van der Waals surface area contributed by atoms with Crippen molar-refractivity contribution in [3.63, 3.8) is 0 Å².